The van der Waals surface area contributed by atoms with Crippen molar-refractivity contribution in [1.29, 1.82) is 0 Å². The summed E-state index contributed by atoms with van der Waals surface area (Å²) in [5.74, 6) is -3.84. The molecule has 0 fully saturated rings. The minimum absolute atomic E-state index is 0.266. The zero-order valence-corrected chi connectivity index (χ0v) is 13.0. The van der Waals surface area contributed by atoms with Gasteiger partial charge in [0.2, 0.25) is 0 Å². The highest BCUT2D eigenvalue weighted by atomic mass is 32.1. The topological polar surface area (TPSA) is 24.9 Å². The Hall–Kier alpha value is -1.40. The van der Waals surface area contributed by atoms with Crippen molar-refractivity contribution in [2.75, 3.05) is 0 Å². The number of hydrogen-bond donors (Lipinski definition) is 1. The molecule has 0 aliphatic carbocycles. The maximum atomic E-state index is 13.3. The van der Waals surface area contributed by atoms with Gasteiger partial charge >= 0.3 is 0 Å². The van der Waals surface area contributed by atoms with Crippen LogP contribution in [-0.4, -0.2) is 11.0 Å². The van der Waals surface area contributed by atoms with E-state index in [4.69, 9.17) is 0 Å². The highest BCUT2D eigenvalue weighted by Crippen LogP contribution is 2.30. The molecule has 1 N–H and O–H groups in total. The summed E-state index contributed by atoms with van der Waals surface area (Å²) < 4.78 is 39.6. The van der Waals surface area contributed by atoms with E-state index in [2.05, 4.69) is 10.3 Å². The largest absolute Gasteiger partial charge is 0.310 e. The molecule has 0 atom stereocenters. The van der Waals surface area contributed by atoms with Crippen molar-refractivity contribution in [2.24, 2.45) is 0 Å². The molecule has 1 heterocycles. The van der Waals surface area contributed by atoms with Gasteiger partial charge in [-0.15, -0.1) is 11.3 Å². The lowest BCUT2D eigenvalue weighted by Gasteiger charge is -2.06. The number of nitrogens with zero attached hydrogens (tertiary/aromatic N) is 1. The Labute approximate surface area is 126 Å². The minimum Gasteiger partial charge on any atom is -0.310 e. The molecule has 21 heavy (non-hydrogen) atoms. The summed E-state index contributed by atoms with van der Waals surface area (Å²) in [5, 5.41) is 3.80. The summed E-state index contributed by atoms with van der Waals surface area (Å²) in [6, 6.07) is 2.30. The van der Waals surface area contributed by atoms with Crippen LogP contribution < -0.4 is 5.32 Å². The van der Waals surface area contributed by atoms with Gasteiger partial charge in [-0.05, 0) is 18.6 Å². The molecule has 2 aromatic rings. The number of halogens is 3. The number of rotatable bonds is 5. The fourth-order valence-corrected chi connectivity index (χ4v) is 2.99. The zero-order chi connectivity index (χ0) is 15.6. The van der Waals surface area contributed by atoms with E-state index in [1.54, 1.807) is 0 Å². The van der Waals surface area contributed by atoms with Crippen molar-refractivity contribution in [3.05, 3.63) is 40.2 Å². The Morgan fingerprint density at radius 1 is 1.19 bits per heavy atom. The zero-order valence-electron chi connectivity index (χ0n) is 12.1. The van der Waals surface area contributed by atoms with Gasteiger partial charge in [0.05, 0.1) is 5.69 Å². The molecule has 0 saturated carbocycles. The van der Waals surface area contributed by atoms with Crippen molar-refractivity contribution < 1.29 is 13.2 Å². The second-order valence-corrected chi connectivity index (χ2v) is 6.12. The Morgan fingerprint density at radius 2 is 1.81 bits per heavy atom. The van der Waals surface area contributed by atoms with E-state index >= 15 is 0 Å². The molecule has 114 valence electrons. The van der Waals surface area contributed by atoms with Gasteiger partial charge in [-0.2, -0.15) is 0 Å². The molecule has 0 aliphatic heterocycles. The van der Waals surface area contributed by atoms with Crippen LogP contribution in [0, 0.1) is 17.5 Å². The van der Waals surface area contributed by atoms with Gasteiger partial charge in [0.15, 0.2) is 17.5 Å². The monoisotopic (exact) mass is 314 g/mol. The first-order valence-electron chi connectivity index (χ1n) is 6.79. The summed E-state index contributed by atoms with van der Waals surface area (Å²) in [6.45, 7) is 6.71. The first-order chi connectivity index (χ1) is 9.92. The lowest BCUT2D eigenvalue weighted by molar-refractivity contribution is 0.447. The summed E-state index contributed by atoms with van der Waals surface area (Å²) in [6.07, 6.45) is 0.734. The van der Waals surface area contributed by atoms with Gasteiger partial charge in [-0.3, -0.25) is 0 Å². The van der Waals surface area contributed by atoms with Gasteiger partial charge in [0, 0.05) is 23.0 Å². The van der Waals surface area contributed by atoms with Crippen molar-refractivity contribution in [2.45, 2.75) is 39.8 Å². The lowest BCUT2D eigenvalue weighted by Crippen LogP contribution is -2.21. The smallest absolute Gasteiger partial charge is 0.194 e. The van der Waals surface area contributed by atoms with E-state index in [-0.39, 0.29) is 5.56 Å². The molecule has 0 spiro atoms. The summed E-state index contributed by atoms with van der Waals surface area (Å²) in [7, 11) is 0. The van der Waals surface area contributed by atoms with Crippen LogP contribution in [0.15, 0.2) is 12.1 Å². The van der Waals surface area contributed by atoms with Crippen LogP contribution in [0.25, 0.3) is 10.6 Å². The molecule has 0 saturated heterocycles. The number of hydrogen-bond acceptors (Lipinski definition) is 3. The maximum absolute atomic E-state index is 13.3. The second kappa shape index (κ2) is 6.58. The van der Waals surface area contributed by atoms with Crippen LogP contribution >= 0.6 is 11.3 Å². The van der Waals surface area contributed by atoms with Crippen LogP contribution in [0.3, 0.4) is 0 Å². The predicted molar refractivity (Wildman–Crippen MR) is 78.8 cm³/mol. The Kier molecular flexibility index (Phi) is 5.00. The highest BCUT2D eigenvalue weighted by Gasteiger charge is 2.16. The predicted octanol–water partition coefficient (Wildman–Crippen LogP) is 4.29. The fourth-order valence-electron chi connectivity index (χ4n) is 1.90. The number of nitrogens with one attached hydrogen (secondary N) is 1. The minimum atomic E-state index is -1.45. The Bertz CT molecular complexity index is 615. The first-order valence-corrected chi connectivity index (χ1v) is 7.60. The fraction of sp³-hybridized carbons (Fsp3) is 0.400. The van der Waals surface area contributed by atoms with E-state index in [1.807, 2.05) is 20.8 Å². The highest BCUT2D eigenvalue weighted by molar-refractivity contribution is 7.15. The van der Waals surface area contributed by atoms with Crippen LogP contribution in [-0.2, 0) is 13.0 Å². The third kappa shape index (κ3) is 3.63. The molecule has 0 radical (unpaired) electrons. The summed E-state index contributed by atoms with van der Waals surface area (Å²) in [5.41, 5.74) is 1.16. The normalized spacial score (nSPS) is 11.4. The number of benzene rings is 1. The van der Waals surface area contributed by atoms with Gasteiger partial charge < -0.3 is 5.32 Å². The Balaban J connectivity index is 2.36. The van der Waals surface area contributed by atoms with Gasteiger partial charge in [0.25, 0.3) is 0 Å². The van der Waals surface area contributed by atoms with Crippen LogP contribution in [0.5, 0.6) is 0 Å². The number of aromatic nitrogens is 1. The van der Waals surface area contributed by atoms with Gasteiger partial charge in [-0.1, -0.05) is 20.8 Å². The molecule has 0 amide bonds. The van der Waals surface area contributed by atoms with Crippen molar-refractivity contribution >= 4 is 11.3 Å². The second-order valence-electron chi connectivity index (χ2n) is 5.03. The lowest BCUT2D eigenvalue weighted by atomic mass is 10.2. The first kappa shape index (κ1) is 16.0. The maximum Gasteiger partial charge on any atom is 0.194 e. The van der Waals surface area contributed by atoms with Crippen LogP contribution in [0.4, 0.5) is 13.2 Å². The molecular formula is C15H17F3N2S. The van der Waals surface area contributed by atoms with Crippen LogP contribution in [0.1, 0.15) is 31.3 Å². The van der Waals surface area contributed by atoms with Crippen LogP contribution in [0.2, 0.25) is 0 Å². The molecule has 0 unspecified atom stereocenters. The number of aryl methyl sites for hydroxylation is 1. The molecule has 2 nitrogen and oxygen atoms in total. The van der Waals surface area contributed by atoms with Crippen molar-refractivity contribution in [3.8, 4) is 10.6 Å². The molecule has 0 bridgehead atoms. The quantitative estimate of drug-likeness (QED) is 0.833. The SMILES string of the molecule is CCc1nc(-c2cc(F)c(F)c(F)c2)sc1CNC(C)C. The molecule has 2 rings (SSSR count). The number of thiazole rings is 1. The molecular weight excluding hydrogens is 297 g/mol. The van der Waals surface area contributed by atoms with E-state index in [0.717, 1.165) is 29.1 Å². The standard InChI is InChI=1S/C15H17F3N2S/c1-4-12-13(7-19-8(2)3)21-15(20-12)9-5-10(16)14(18)11(17)6-9/h5-6,8,19H,4,7H2,1-3H3. The van der Waals surface area contributed by atoms with Gasteiger partial charge in [-0.25, -0.2) is 18.2 Å². The average Bonchev–Trinajstić information content (AvgIpc) is 2.85. The van der Waals surface area contributed by atoms with E-state index < -0.39 is 17.5 Å². The third-order valence-corrected chi connectivity index (χ3v) is 4.16. The van der Waals surface area contributed by atoms with E-state index in [9.17, 15) is 13.2 Å². The molecule has 6 heteroatoms. The van der Waals surface area contributed by atoms with Crippen molar-refractivity contribution in [1.82, 2.24) is 10.3 Å². The van der Waals surface area contributed by atoms with E-state index in [1.165, 1.54) is 11.3 Å². The summed E-state index contributed by atoms with van der Waals surface area (Å²) in [4.78, 5) is 5.45. The average molecular weight is 314 g/mol. The molecule has 0 aliphatic rings. The Morgan fingerprint density at radius 3 is 2.33 bits per heavy atom. The van der Waals surface area contributed by atoms with Gasteiger partial charge in [0.1, 0.15) is 5.01 Å². The molecule has 1 aromatic carbocycles. The summed E-state index contributed by atoms with van der Waals surface area (Å²) >= 11 is 1.37. The van der Waals surface area contributed by atoms with Crippen molar-refractivity contribution in [3.63, 3.8) is 0 Å². The third-order valence-electron chi connectivity index (χ3n) is 3.01. The molecule has 1 aromatic heterocycles. The van der Waals surface area contributed by atoms with E-state index in [0.29, 0.717) is 17.6 Å².